The average Bonchev–Trinajstić information content (AvgIpc) is 3.05. The number of ether oxygens (including phenoxy) is 2. The van der Waals surface area contributed by atoms with E-state index in [2.05, 4.69) is 41.3 Å². The van der Waals surface area contributed by atoms with E-state index >= 15 is 0 Å². The molecular weight excluding hydrogens is 360 g/mol. The van der Waals surface area contributed by atoms with Gasteiger partial charge in [0.1, 0.15) is 5.75 Å². The van der Waals surface area contributed by atoms with Crippen molar-refractivity contribution in [1.29, 1.82) is 5.26 Å². The van der Waals surface area contributed by atoms with Crippen LogP contribution in [0, 0.1) is 11.3 Å². The standard InChI is InChI=1S/C25H30N2O2/c1-28-25-8-7-22(20-4-2-3-19(18-26)5-6-20)17-24(25)21-9-13-27(14-10-21)23-11-15-29-16-12-23/h3-8,17,21,23H,2,9-16H2,1H3. The van der Waals surface area contributed by atoms with Gasteiger partial charge in [0.05, 0.1) is 13.2 Å². The molecule has 4 rings (SSSR count). The lowest BCUT2D eigenvalue weighted by molar-refractivity contribution is 0.0251. The number of hydrogen-bond donors (Lipinski definition) is 0. The number of nitriles is 1. The number of likely N-dealkylation sites (tertiary alicyclic amines) is 1. The minimum atomic E-state index is 0.532. The fraction of sp³-hybridized carbons (Fsp3) is 0.480. The van der Waals surface area contributed by atoms with Crippen molar-refractivity contribution >= 4 is 5.57 Å². The highest BCUT2D eigenvalue weighted by Crippen LogP contribution is 2.37. The third-order valence-electron chi connectivity index (χ3n) is 6.49. The van der Waals surface area contributed by atoms with Gasteiger partial charge in [0.15, 0.2) is 0 Å². The molecule has 0 amide bonds. The molecule has 2 heterocycles. The highest BCUT2D eigenvalue weighted by atomic mass is 16.5. The zero-order valence-electron chi connectivity index (χ0n) is 17.3. The molecule has 4 nitrogen and oxygen atoms in total. The molecule has 2 fully saturated rings. The Labute approximate surface area is 174 Å². The molecule has 0 spiro atoms. The molecule has 0 unspecified atom stereocenters. The van der Waals surface area contributed by atoms with Crippen molar-refractivity contribution in [3.05, 3.63) is 59.2 Å². The Hall–Kier alpha value is -2.35. The second-order valence-electron chi connectivity index (χ2n) is 8.11. The van der Waals surface area contributed by atoms with E-state index in [1.807, 2.05) is 12.2 Å². The van der Waals surface area contributed by atoms with Gasteiger partial charge >= 0.3 is 0 Å². The Bertz CT molecular complexity index is 848. The number of hydrogen-bond acceptors (Lipinski definition) is 4. The summed E-state index contributed by atoms with van der Waals surface area (Å²) in [5.74, 6) is 1.52. The molecule has 0 N–H and O–H groups in total. The molecule has 152 valence electrons. The van der Waals surface area contributed by atoms with E-state index < -0.39 is 0 Å². The second-order valence-corrected chi connectivity index (χ2v) is 8.11. The molecule has 29 heavy (non-hydrogen) atoms. The normalized spacial score (nSPS) is 21.8. The van der Waals surface area contributed by atoms with E-state index in [4.69, 9.17) is 14.7 Å². The van der Waals surface area contributed by atoms with E-state index in [0.717, 1.165) is 44.0 Å². The van der Waals surface area contributed by atoms with Gasteiger partial charge in [-0.15, -0.1) is 0 Å². The number of piperidine rings is 1. The Balaban J connectivity index is 1.49. The zero-order chi connectivity index (χ0) is 20.1. The van der Waals surface area contributed by atoms with Crippen LogP contribution in [-0.4, -0.2) is 44.4 Å². The van der Waals surface area contributed by atoms with E-state index in [9.17, 15) is 0 Å². The van der Waals surface area contributed by atoms with Gasteiger partial charge in [0, 0.05) is 24.8 Å². The van der Waals surface area contributed by atoms with Crippen LogP contribution in [0.1, 0.15) is 49.1 Å². The van der Waals surface area contributed by atoms with Crippen molar-refractivity contribution in [1.82, 2.24) is 4.90 Å². The number of methoxy groups -OCH3 is 1. The van der Waals surface area contributed by atoms with Crippen LogP contribution in [0.2, 0.25) is 0 Å². The van der Waals surface area contributed by atoms with E-state index in [1.165, 1.54) is 42.4 Å². The Morgan fingerprint density at radius 2 is 1.86 bits per heavy atom. The number of allylic oxidation sites excluding steroid dienone is 6. The molecule has 0 saturated carbocycles. The molecule has 1 aromatic carbocycles. The van der Waals surface area contributed by atoms with E-state index in [1.54, 1.807) is 7.11 Å². The van der Waals surface area contributed by atoms with Crippen LogP contribution < -0.4 is 4.74 Å². The molecule has 0 atom stereocenters. The van der Waals surface area contributed by atoms with Crippen molar-refractivity contribution in [2.45, 2.75) is 44.1 Å². The van der Waals surface area contributed by atoms with E-state index in [-0.39, 0.29) is 0 Å². The van der Waals surface area contributed by atoms with Crippen LogP contribution in [0.4, 0.5) is 0 Å². The lowest BCUT2D eigenvalue weighted by atomic mass is 9.86. The summed E-state index contributed by atoms with van der Waals surface area (Å²) in [5, 5.41) is 9.15. The summed E-state index contributed by atoms with van der Waals surface area (Å²) in [5.41, 5.74) is 4.43. The first-order chi connectivity index (χ1) is 14.3. The Kier molecular flexibility index (Phi) is 6.49. The molecule has 0 radical (unpaired) electrons. The van der Waals surface area contributed by atoms with Gasteiger partial charge in [-0.1, -0.05) is 24.3 Å². The van der Waals surface area contributed by atoms with Gasteiger partial charge in [-0.3, -0.25) is 0 Å². The maximum atomic E-state index is 9.15. The van der Waals surface area contributed by atoms with Gasteiger partial charge < -0.3 is 14.4 Å². The SMILES string of the molecule is COc1ccc(C2=CCC=C(C#N)C=C2)cc1C1CCN(C2CCOCC2)CC1. The molecule has 2 saturated heterocycles. The first-order valence-corrected chi connectivity index (χ1v) is 10.8. The predicted octanol–water partition coefficient (Wildman–Crippen LogP) is 4.85. The van der Waals surface area contributed by atoms with Gasteiger partial charge in [0.2, 0.25) is 0 Å². The fourth-order valence-corrected chi connectivity index (χ4v) is 4.78. The quantitative estimate of drug-likeness (QED) is 0.737. The smallest absolute Gasteiger partial charge is 0.122 e. The molecule has 2 aliphatic heterocycles. The summed E-state index contributed by atoms with van der Waals surface area (Å²) in [7, 11) is 1.77. The summed E-state index contributed by atoms with van der Waals surface area (Å²) >= 11 is 0. The maximum Gasteiger partial charge on any atom is 0.122 e. The fourth-order valence-electron chi connectivity index (χ4n) is 4.78. The topological polar surface area (TPSA) is 45.5 Å². The largest absolute Gasteiger partial charge is 0.496 e. The van der Waals surface area contributed by atoms with Crippen LogP contribution in [-0.2, 0) is 4.74 Å². The number of rotatable bonds is 4. The minimum absolute atomic E-state index is 0.532. The molecule has 4 heteroatoms. The van der Waals surface area contributed by atoms with Crippen LogP contribution in [0.3, 0.4) is 0 Å². The molecule has 3 aliphatic rings. The van der Waals surface area contributed by atoms with E-state index in [0.29, 0.717) is 12.0 Å². The first-order valence-electron chi connectivity index (χ1n) is 10.8. The highest BCUT2D eigenvalue weighted by molar-refractivity contribution is 5.76. The molecule has 0 aromatic heterocycles. The monoisotopic (exact) mass is 390 g/mol. The highest BCUT2D eigenvalue weighted by Gasteiger charge is 2.28. The van der Waals surface area contributed by atoms with Gasteiger partial charge in [0.25, 0.3) is 0 Å². The van der Waals surface area contributed by atoms with Gasteiger partial charge in [-0.25, -0.2) is 0 Å². The second kappa shape index (κ2) is 9.43. The summed E-state index contributed by atoms with van der Waals surface area (Å²) < 4.78 is 11.3. The van der Waals surface area contributed by atoms with Gasteiger partial charge in [-0.2, -0.15) is 5.26 Å². The van der Waals surface area contributed by atoms with Crippen LogP contribution in [0.25, 0.3) is 5.57 Å². The molecule has 1 aliphatic carbocycles. The first kappa shape index (κ1) is 19.9. The molecular formula is C25H30N2O2. The molecule has 0 bridgehead atoms. The van der Waals surface area contributed by atoms with Crippen molar-refractivity contribution in [2.24, 2.45) is 0 Å². The Morgan fingerprint density at radius 3 is 2.59 bits per heavy atom. The van der Waals surface area contributed by atoms with Crippen LogP contribution >= 0.6 is 0 Å². The molecule has 1 aromatic rings. The summed E-state index contributed by atoms with van der Waals surface area (Å²) in [4.78, 5) is 2.67. The summed E-state index contributed by atoms with van der Waals surface area (Å²) in [6.07, 6.45) is 13.6. The third kappa shape index (κ3) is 4.63. The minimum Gasteiger partial charge on any atom is -0.496 e. The Morgan fingerprint density at radius 1 is 1.07 bits per heavy atom. The number of benzene rings is 1. The van der Waals surface area contributed by atoms with Crippen molar-refractivity contribution in [3.8, 4) is 11.8 Å². The lowest BCUT2D eigenvalue weighted by Gasteiger charge is -2.39. The predicted molar refractivity (Wildman–Crippen MR) is 116 cm³/mol. The summed E-state index contributed by atoms with van der Waals surface area (Å²) in [6, 6.07) is 9.48. The number of nitrogens with zero attached hydrogens (tertiary/aromatic N) is 2. The maximum absolute atomic E-state index is 9.15. The van der Waals surface area contributed by atoms with Crippen LogP contribution in [0.5, 0.6) is 5.75 Å². The van der Waals surface area contributed by atoms with Crippen LogP contribution in [0.15, 0.2) is 48.1 Å². The zero-order valence-corrected chi connectivity index (χ0v) is 17.3. The average molecular weight is 391 g/mol. The van der Waals surface area contributed by atoms with Crippen molar-refractivity contribution in [3.63, 3.8) is 0 Å². The van der Waals surface area contributed by atoms with Gasteiger partial charge in [-0.05, 0) is 86.0 Å². The van der Waals surface area contributed by atoms with Crippen molar-refractivity contribution in [2.75, 3.05) is 33.4 Å². The third-order valence-corrected chi connectivity index (χ3v) is 6.49. The van der Waals surface area contributed by atoms with Crippen molar-refractivity contribution < 1.29 is 9.47 Å². The summed E-state index contributed by atoms with van der Waals surface area (Å²) in [6.45, 7) is 4.12. The lowest BCUT2D eigenvalue weighted by Crippen LogP contribution is -2.43.